The largest absolute Gasteiger partial charge is 0.330 e. The average molecular weight is 531 g/mol. The second-order valence-electron chi connectivity index (χ2n) is 10.5. The van der Waals surface area contributed by atoms with Gasteiger partial charge < -0.3 is 4.90 Å². The first-order valence-electron chi connectivity index (χ1n) is 13.0. The Balaban J connectivity index is 1.33. The number of carbonyl (C=O) groups excluding carboxylic acids is 2. The number of hydrogen-bond donors (Lipinski definition) is 0. The van der Waals surface area contributed by atoms with E-state index in [0.29, 0.717) is 28.5 Å². The van der Waals surface area contributed by atoms with Gasteiger partial charge in [-0.05, 0) is 53.9 Å². The smallest absolute Gasteiger partial charge is 0.328 e. The number of rotatable bonds is 5. The first kappa shape index (κ1) is 25.4. The Labute approximate surface area is 230 Å². The Bertz CT molecular complexity index is 1870. The monoisotopic (exact) mass is 530 g/mol. The molecule has 40 heavy (non-hydrogen) atoms. The van der Waals surface area contributed by atoms with E-state index in [-0.39, 0.29) is 17.6 Å². The maximum absolute atomic E-state index is 13.7. The lowest BCUT2D eigenvalue weighted by atomic mass is 9.97. The number of ketones is 1. The third-order valence-corrected chi connectivity index (χ3v) is 7.18. The van der Waals surface area contributed by atoms with E-state index in [4.69, 9.17) is 9.98 Å². The maximum atomic E-state index is 13.7. The zero-order valence-corrected chi connectivity index (χ0v) is 22.4. The molecule has 1 aliphatic rings. The minimum atomic E-state index is -0.586. The molecule has 0 atom stereocenters. The topological polar surface area (TPSA) is 67.0 Å². The molecule has 0 unspecified atom stereocenters. The number of amides is 1. The first-order valence-corrected chi connectivity index (χ1v) is 13.0. The highest BCUT2D eigenvalue weighted by atomic mass is 19.1. The molecular formula is C33H27FN4O2. The summed E-state index contributed by atoms with van der Waals surface area (Å²) in [6, 6.07) is 26.8. The van der Waals surface area contributed by atoms with Crippen molar-refractivity contribution in [1.29, 1.82) is 0 Å². The number of nitrogens with zero attached hydrogens (tertiary/aromatic N) is 4. The van der Waals surface area contributed by atoms with Gasteiger partial charge in [-0.1, -0.05) is 60.7 Å². The second-order valence-corrected chi connectivity index (χ2v) is 10.5. The normalized spacial score (nSPS) is 13.4. The van der Waals surface area contributed by atoms with E-state index in [0.717, 1.165) is 27.4 Å². The van der Waals surface area contributed by atoms with E-state index in [1.165, 1.54) is 21.6 Å². The average Bonchev–Trinajstić information content (AvgIpc) is 3.49. The van der Waals surface area contributed by atoms with E-state index in [1.807, 2.05) is 73.7 Å². The highest BCUT2D eigenvalue weighted by molar-refractivity contribution is 6.17. The molecule has 0 spiro atoms. The van der Waals surface area contributed by atoms with Gasteiger partial charge >= 0.3 is 6.03 Å². The zero-order chi connectivity index (χ0) is 28.0. The molecule has 1 amide bonds. The number of halogens is 1. The Morgan fingerprint density at radius 2 is 1.48 bits per heavy atom. The molecule has 6 nitrogen and oxygen atoms in total. The summed E-state index contributed by atoms with van der Waals surface area (Å²) < 4.78 is 15.0. The molecule has 0 bridgehead atoms. The van der Waals surface area contributed by atoms with Gasteiger partial charge in [-0.2, -0.15) is 0 Å². The summed E-state index contributed by atoms with van der Waals surface area (Å²) in [4.78, 5) is 37.8. The van der Waals surface area contributed by atoms with Gasteiger partial charge in [-0.15, -0.1) is 0 Å². The lowest BCUT2D eigenvalue weighted by Gasteiger charge is -2.17. The third-order valence-electron chi connectivity index (χ3n) is 7.18. The number of aromatic nitrogens is 1. The molecule has 0 saturated carbocycles. The van der Waals surface area contributed by atoms with Gasteiger partial charge in [0.1, 0.15) is 5.82 Å². The SMILES string of the molecule is CN(C)C(=O)n1cc(C(=O)c2ccc(CC3(C)N=c4ccccc4=N3)cc2)c2ccc(-c3ccc(F)cc3)cc21. The summed E-state index contributed by atoms with van der Waals surface area (Å²) in [7, 11) is 3.33. The Morgan fingerprint density at radius 1 is 0.850 bits per heavy atom. The molecule has 4 aromatic carbocycles. The van der Waals surface area contributed by atoms with Crippen LogP contribution in [0.25, 0.3) is 22.0 Å². The van der Waals surface area contributed by atoms with Gasteiger partial charge in [0.05, 0.1) is 16.2 Å². The van der Waals surface area contributed by atoms with E-state index in [9.17, 15) is 14.0 Å². The molecule has 1 aliphatic heterocycles. The number of hydrogen-bond acceptors (Lipinski definition) is 4. The number of carbonyl (C=O) groups is 2. The van der Waals surface area contributed by atoms with Crippen LogP contribution >= 0.6 is 0 Å². The predicted octanol–water partition coefficient (Wildman–Crippen LogP) is 5.42. The van der Waals surface area contributed by atoms with Crippen LogP contribution in [-0.4, -0.2) is 41.0 Å². The van der Waals surface area contributed by atoms with E-state index in [1.54, 1.807) is 32.4 Å². The lowest BCUT2D eigenvalue weighted by molar-refractivity contribution is 0.104. The van der Waals surface area contributed by atoms with Crippen molar-refractivity contribution in [2.45, 2.75) is 19.0 Å². The van der Waals surface area contributed by atoms with Crippen molar-refractivity contribution in [2.75, 3.05) is 14.1 Å². The summed E-state index contributed by atoms with van der Waals surface area (Å²) >= 11 is 0. The van der Waals surface area contributed by atoms with Gasteiger partial charge in [0.2, 0.25) is 0 Å². The molecule has 0 N–H and O–H groups in total. The highest BCUT2D eigenvalue weighted by Gasteiger charge is 2.26. The molecule has 1 aromatic heterocycles. The molecular weight excluding hydrogens is 503 g/mol. The van der Waals surface area contributed by atoms with Crippen LogP contribution in [-0.2, 0) is 6.42 Å². The lowest BCUT2D eigenvalue weighted by Crippen LogP contribution is -2.26. The van der Waals surface area contributed by atoms with Crippen molar-refractivity contribution in [1.82, 2.24) is 9.47 Å². The minimum Gasteiger partial charge on any atom is -0.330 e. The molecule has 198 valence electrons. The van der Waals surface area contributed by atoms with Crippen molar-refractivity contribution in [3.8, 4) is 11.1 Å². The molecule has 6 rings (SSSR count). The van der Waals surface area contributed by atoms with Gasteiger partial charge in [-0.3, -0.25) is 19.3 Å². The third kappa shape index (κ3) is 4.60. The highest BCUT2D eigenvalue weighted by Crippen LogP contribution is 2.30. The van der Waals surface area contributed by atoms with Crippen LogP contribution in [0.1, 0.15) is 28.4 Å². The van der Waals surface area contributed by atoms with Crippen LogP contribution in [0.4, 0.5) is 9.18 Å². The minimum absolute atomic E-state index is 0.176. The standard InChI is InChI=1S/C33H27FN4O2/c1-33(35-28-6-4-5-7-29(28)36-33)19-21-8-10-23(11-9-21)31(39)27-20-38(32(40)37(2)3)30-18-24(14-17-26(27)30)22-12-15-25(34)16-13-22/h4-18,20H,19H2,1-3H3. The quantitative estimate of drug-likeness (QED) is 0.285. The maximum Gasteiger partial charge on any atom is 0.328 e. The number of fused-ring (bicyclic) bond motifs is 2. The van der Waals surface area contributed by atoms with E-state index in [2.05, 4.69) is 0 Å². The van der Waals surface area contributed by atoms with E-state index >= 15 is 0 Å². The van der Waals surface area contributed by atoms with Crippen molar-refractivity contribution in [3.05, 3.63) is 130 Å². The summed E-state index contributed by atoms with van der Waals surface area (Å²) in [5, 5.41) is 2.45. The number of benzene rings is 4. The molecule has 0 fully saturated rings. The second kappa shape index (κ2) is 9.68. The van der Waals surface area contributed by atoms with Gasteiger partial charge in [0, 0.05) is 43.2 Å². The molecule has 0 aliphatic carbocycles. The fraction of sp³-hybridized carbons (Fsp3) is 0.152. The van der Waals surface area contributed by atoms with Crippen molar-refractivity contribution < 1.29 is 14.0 Å². The summed E-state index contributed by atoms with van der Waals surface area (Å²) in [5.74, 6) is -0.494. The summed E-state index contributed by atoms with van der Waals surface area (Å²) in [6.07, 6.45) is 2.21. The Kier molecular flexibility index (Phi) is 6.14. The molecule has 0 saturated heterocycles. The van der Waals surface area contributed by atoms with Crippen LogP contribution in [0.15, 0.2) is 107 Å². The predicted molar refractivity (Wildman–Crippen MR) is 153 cm³/mol. The van der Waals surface area contributed by atoms with Gasteiger partial charge in [0.15, 0.2) is 11.4 Å². The van der Waals surface area contributed by atoms with Crippen LogP contribution < -0.4 is 10.7 Å². The Hall–Kier alpha value is -4.91. The van der Waals surface area contributed by atoms with Crippen molar-refractivity contribution >= 4 is 22.7 Å². The fourth-order valence-corrected chi connectivity index (χ4v) is 5.20. The summed E-state index contributed by atoms with van der Waals surface area (Å²) in [6.45, 7) is 2.00. The molecule has 7 heteroatoms. The molecule has 5 aromatic rings. The first-order chi connectivity index (χ1) is 19.2. The van der Waals surface area contributed by atoms with Crippen molar-refractivity contribution in [3.63, 3.8) is 0 Å². The van der Waals surface area contributed by atoms with Crippen molar-refractivity contribution in [2.24, 2.45) is 9.98 Å². The Morgan fingerprint density at radius 3 is 2.10 bits per heavy atom. The van der Waals surface area contributed by atoms with Gasteiger partial charge in [0.25, 0.3) is 0 Å². The van der Waals surface area contributed by atoms with Crippen LogP contribution in [0.2, 0.25) is 0 Å². The van der Waals surface area contributed by atoms with E-state index < -0.39 is 5.66 Å². The zero-order valence-electron chi connectivity index (χ0n) is 22.4. The molecule has 0 radical (unpaired) electrons. The summed E-state index contributed by atoms with van der Waals surface area (Å²) in [5.41, 5.74) is 3.64. The molecule has 2 heterocycles. The van der Waals surface area contributed by atoms with Crippen LogP contribution in [0, 0.1) is 5.82 Å². The van der Waals surface area contributed by atoms with Crippen LogP contribution in [0.3, 0.4) is 0 Å². The van der Waals surface area contributed by atoms with Crippen LogP contribution in [0.5, 0.6) is 0 Å². The fourth-order valence-electron chi connectivity index (χ4n) is 5.20. The number of para-hydroxylation sites is 2. The van der Waals surface area contributed by atoms with Gasteiger partial charge in [-0.25, -0.2) is 9.18 Å².